The number of carbonyl (C=O) groups is 1. The van der Waals surface area contributed by atoms with E-state index in [1.807, 2.05) is 32.3 Å². The topological polar surface area (TPSA) is 60.0 Å². The molecular weight excluding hydrogens is 320 g/mol. The van der Waals surface area contributed by atoms with Crippen LogP contribution in [0.1, 0.15) is 37.3 Å². The van der Waals surface area contributed by atoms with Gasteiger partial charge in [0.1, 0.15) is 0 Å². The van der Waals surface area contributed by atoms with Gasteiger partial charge in [0.2, 0.25) is 5.91 Å². The van der Waals surface area contributed by atoms with E-state index in [2.05, 4.69) is 10.2 Å². The Morgan fingerprint density at radius 3 is 2.64 bits per heavy atom. The summed E-state index contributed by atoms with van der Waals surface area (Å²) in [4.78, 5) is 14.3. The van der Waals surface area contributed by atoms with E-state index in [0.29, 0.717) is 24.5 Å². The van der Waals surface area contributed by atoms with Gasteiger partial charge in [0.15, 0.2) is 11.5 Å². The van der Waals surface area contributed by atoms with Crippen molar-refractivity contribution in [1.29, 1.82) is 0 Å². The number of methoxy groups -OCH3 is 2. The van der Waals surface area contributed by atoms with Crippen LogP contribution < -0.4 is 14.8 Å². The lowest BCUT2D eigenvalue weighted by molar-refractivity contribution is -0.125. The summed E-state index contributed by atoms with van der Waals surface area (Å²) in [7, 11) is 7.24. The number of carbonyl (C=O) groups excluding carboxylic acids is 1. The first-order chi connectivity index (χ1) is 12.0. The third-order valence-electron chi connectivity index (χ3n) is 4.60. The Kier molecular flexibility index (Phi) is 7.52. The highest BCUT2D eigenvalue weighted by Crippen LogP contribution is 2.31. The van der Waals surface area contributed by atoms with E-state index in [1.165, 1.54) is 0 Å². The summed E-state index contributed by atoms with van der Waals surface area (Å²) in [5.74, 6) is 1.43. The average molecular weight is 350 g/mol. The number of rotatable bonds is 8. The van der Waals surface area contributed by atoms with Gasteiger partial charge in [-0.05, 0) is 51.1 Å². The second-order valence-electron chi connectivity index (χ2n) is 6.59. The van der Waals surface area contributed by atoms with Gasteiger partial charge < -0.3 is 24.4 Å². The first-order valence-electron chi connectivity index (χ1n) is 8.81. The molecule has 0 saturated carbocycles. The number of nitrogens with zero attached hydrogens (tertiary/aromatic N) is 1. The number of benzene rings is 1. The molecule has 1 aliphatic heterocycles. The fraction of sp³-hybridized carbons (Fsp3) is 0.632. The third kappa shape index (κ3) is 5.61. The monoisotopic (exact) mass is 350 g/mol. The van der Waals surface area contributed by atoms with Crippen molar-refractivity contribution in [2.45, 2.75) is 37.8 Å². The second kappa shape index (κ2) is 9.63. The van der Waals surface area contributed by atoms with Gasteiger partial charge in [-0.1, -0.05) is 6.07 Å². The lowest BCUT2D eigenvalue weighted by Gasteiger charge is -2.27. The highest BCUT2D eigenvalue weighted by atomic mass is 16.5. The zero-order valence-corrected chi connectivity index (χ0v) is 15.7. The van der Waals surface area contributed by atoms with Crippen molar-refractivity contribution in [3.8, 4) is 11.5 Å². The standard InChI is InChI=1S/C19H30N2O4/c1-21(2)16(14-8-9-17(23-3)18(11-14)24-4)13-20-19(22)12-15-7-5-6-10-25-15/h8-9,11,15-16H,5-7,10,12-13H2,1-4H3,(H,20,22). The van der Waals surface area contributed by atoms with Gasteiger partial charge in [-0.2, -0.15) is 0 Å². The van der Waals surface area contributed by atoms with Crippen LogP contribution in [0.4, 0.5) is 0 Å². The number of likely N-dealkylation sites (N-methyl/N-ethyl adjacent to an activating group) is 1. The second-order valence-corrected chi connectivity index (χ2v) is 6.59. The zero-order valence-electron chi connectivity index (χ0n) is 15.7. The van der Waals surface area contributed by atoms with Crippen molar-refractivity contribution >= 4 is 5.91 Å². The number of amides is 1. The normalized spacial score (nSPS) is 18.7. The molecule has 1 aromatic carbocycles. The van der Waals surface area contributed by atoms with E-state index in [4.69, 9.17) is 14.2 Å². The molecule has 6 nitrogen and oxygen atoms in total. The minimum atomic E-state index is 0.0410. The van der Waals surface area contributed by atoms with E-state index in [1.54, 1.807) is 14.2 Å². The van der Waals surface area contributed by atoms with Gasteiger partial charge in [0.05, 0.1) is 32.8 Å². The SMILES string of the molecule is COc1ccc(C(CNC(=O)CC2CCCCO2)N(C)C)cc1OC. The van der Waals surface area contributed by atoms with Crippen LogP contribution >= 0.6 is 0 Å². The fourth-order valence-corrected chi connectivity index (χ4v) is 3.12. The highest BCUT2D eigenvalue weighted by Gasteiger charge is 2.20. The Bertz CT molecular complexity index is 556. The summed E-state index contributed by atoms with van der Waals surface area (Å²) >= 11 is 0. The predicted octanol–water partition coefficient (Wildman–Crippen LogP) is 2.38. The van der Waals surface area contributed by atoms with Crippen LogP contribution in [0, 0.1) is 0 Å². The number of ether oxygens (including phenoxy) is 3. The van der Waals surface area contributed by atoms with Gasteiger partial charge >= 0.3 is 0 Å². The molecule has 0 radical (unpaired) electrons. The molecule has 140 valence electrons. The lowest BCUT2D eigenvalue weighted by Crippen LogP contribution is -2.36. The molecule has 0 aliphatic carbocycles. The van der Waals surface area contributed by atoms with Gasteiger partial charge in [-0.15, -0.1) is 0 Å². The molecule has 0 aromatic heterocycles. The molecule has 1 aromatic rings. The predicted molar refractivity (Wildman–Crippen MR) is 97.2 cm³/mol. The molecule has 1 aliphatic rings. The smallest absolute Gasteiger partial charge is 0.222 e. The number of hydrogen-bond acceptors (Lipinski definition) is 5. The van der Waals surface area contributed by atoms with Crippen LogP contribution in [-0.2, 0) is 9.53 Å². The minimum absolute atomic E-state index is 0.0410. The molecule has 2 rings (SSSR count). The molecule has 6 heteroatoms. The average Bonchev–Trinajstić information content (AvgIpc) is 2.62. The molecule has 0 spiro atoms. The summed E-state index contributed by atoms with van der Waals surface area (Å²) in [5, 5.41) is 3.04. The van der Waals surface area contributed by atoms with Crippen LogP contribution in [0.3, 0.4) is 0 Å². The van der Waals surface area contributed by atoms with Crippen molar-refractivity contribution in [2.75, 3.05) is 41.5 Å². The Hall–Kier alpha value is -1.79. The number of hydrogen-bond donors (Lipinski definition) is 1. The van der Waals surface area contributed by atoms with Crippen LogP contribution in [0.25, 0.3) is 0 Å². The molecule has 2 unspecified atom stereocenters. The molecule has 0 bridgehead atoms. The molecule has 1 N–H and O–H groups in total. The third-order valence-corrected chi connectivity index (χ3v) is 4.60. The van der Waals surface area contributed by atoms with Gasteiger partial charge in [0, 0.05) is 13.2 Å². The summed E-state index contributed by atoms with van der Waals surface area (Å²) in [6.45, 7) is 1.30. The maximum Gasteiger partial charge on any atom is 0.222 e. The van der Waals surface area contributed by atoms with Crippen molar-refractivity contribution in [3.63, 3.8) is 0 Å². The molecule has 1 heterocycles. The van der Waals surface area contributed by atoms with Crippen molar-refractivity contribution in [2.24, 2.45) is 0 Å². The Labute approximate surface area is 150 Å². The van der Waals surface area contributed by atoms with Crippen LogP contribution in [0.5, 0.6) is 11.5 Å². The number of nitrogens with one attached hydrogen (secondary N) is 1. The molecular formula is C19H30N2O4. The molecule has 2 atom stereocenters. The summed E-state index contributed by atoms with van der Waals surface area (Å²) in [5.41, 5.74) is 1.07. The molecule has 25 heavy (non-hydrogen) atoms. The molecule has 1 fully saturated rings. The van der Waals surface area contributed by atoms with Crippen molar-refractivity contribution in [3.05, 3.63) is 23.8 Å². The van der Waals surface area contributed by atoms with Crippen LogP contribution in [0.15, 0.2) is 18.2 Å². The van der Waals surface area contributed by atoms with Crippen molar-refractivity contribution < 1.29 is 19.0 Å². The maximum absolute atomic E-state index is 12.2. The van der Waals surface area contributed by atoms with E-state index < -0.39 is 0 Å². The molecule has 1 saturated heterocycles. The minimum Gasteiger partial charge on any atom is -0.493 e. The van der Waals surface area contributed by atoms with E-state index in [0.717, 1.165) is 31.4 Å². The Morgan fingerprint density at radius 1 is 1.28 bits per heavy atom. The van der Waals surface area contributed by atoms with Crippen LogP contribution in [0.2, 0.25) is 0 Å². The van der Waals surface area contributed by atoms with E-state index in [9.17, 15) is 4.79 Å². The summed E-state index contributed by atoms with van der Waals surface area (Å²) in [6, 6.07) is 5.90. The Balaban J connectivity index is 1.97. The van der Waals surface area contributed by atoms with E-state index >= 15 is 0 Å². The quantitative estimate of drug-likeness (QED) is 0.780. The van der Waals surface area contributed by atoms with Gasteiger partial charge in [-0.3, -0.25) is 4.79 Å². The summed E-state index contributed by atoms with van der Waals surface area (Å²) in [6.07, 6.45) is 3.71. The van der Waals surface area contributed by atoms with Crippen LogP contribution in [-0.4, -0.2) is 58.4 Å². The summed E-state index contributed by atoms with van der Waals surface area (Å²) < 4.78 is 16.3. The van der Waals surface area contributed by atoms with Crippen molar-refractivity contribution in [1.82, 2.24) is 10.2 Å². The molecule has 1 amide bonds. The first-order valence-corrected chi connectivity index (χ1v) is 8.81. The van der Waals surface area contributed by atoms with E-state index in [-0.39, 0.29) is 18.1 Å². The first kappa shape index (κ1) is 19.5. The maximum atomic E-state index is 12.2. The fourth-order valence-electron chi connectivity index (χ4n) is 3.12. The van der Waals surface area contributed by atoms with Gasteiger partial charge in [0.25, 0.3) is 0 Å². The zero-order chi connectivity index (χ0) is 18.2. The Morgan fingerprint density at radius 2 is 2.04 bits per heavy atom. The highest BCUT2D eigenvalue weighted by molar-refractivity contribution is 5.76. The van der Waals surface area contributed by atoms with Gasteiger partial charge in [-0.25, -0.2) is 0 Å². The largest absolute Gasteiger partial charge is 0.493 e. The lowest BCUT2D eigenvalue weighted by atomic mass is 10.0.